The third kappa shape index (κ3) is 3.13. The molecule has 1 N–H and O–H groups in total. The van der Waals surface area contributed by atoms with Gasteiger partial charge in [0.2, 0.25) is 0 Å². The van der Waals surface area contributed by atoms with Crippen molar-refractivity contribution < 1.29 is 0 Å². The molecule has 0 spiro atoms. The highest BCUT2D eigenvalue weighted by atomic mass is 14.9. The Morgan fingerprint density at radius 3 is 2.11 bits per heavy atom. The zero-order valence-electron chi connectivity index (χ0n) is 11.7. The predicted octanol–water partition coefficient (Wildman–Crippen LogP) is 4.53. The van der Waals surface area contributed by atoms with Gasteiger partial charge in [-0.05, 0) is 50.5 Å². The van der Waals surface area contributed by atoms with E-state index in [9.17, 15) is 0 Å². The van der Waals surface area contributed by atoms with Crippen molar-refractivity contribution in [1.29, 1.82) is 0 Å². The van der Waals surface area contributed by atoms with Crippen molar-refractivity contribution in [2.24, 2.45) is 0 Å². The average Bonchev–Trinajstić information content (AvgIpc) is 2.29. The molecular weight excluding hydrogens is 218 g/mol. The number of nitrogens with one attached hydrogen (secondary N) is 1. The summed E-state index contributed by atoms with van der Waals surface area (Å²) in [7, 11) is 0. The standard InChI is InChI=1S/C17H21N/c1-12-5-6-15(4)17(10-12)18-11-16-8-13(2)7-14(3)9-16/h5-10,18H,11H2,1-4H3. The second-order valence-corrected chi connectivity index (χ2v) is 5.17. The minimum Gasteiger partial charge on any atom is -0.381 e. The Morgan fingerprint density at radius 2 is 1.44 bits per heavy atom. The zero-order chi connectivity index (χ0) is 13.1. The van der Waals surface area contributed by atoms with Gasteiger partial charge < -0.3 is 5.32 Å². The van der Waals surface area contributed by atoms with E-state index in [0.29, 0.717) is 0 Å². The molecule has 0 aliphatic heterocycles. The monoisotopic (exact) mass is 239 g/mol. The molecule has 2 aromatic rings. The summed E-state index contributed by atoms with van der Waals surface area (Å²) < 4.78 is 0. The van der Waals surface area contributed by atoms with Crippen LogP contribution >= 0.6 is 0 Å². The lowest BCUT2D eigenvalue weighted by molar-refractivity contribution is 1.12. The Kier molecular flexibility index (Phi) is 3.71. The van der Waals surface area contributed by atoms with Crippen molar-refractivity contribution in [3.8, 4) is 0 Å². The van der Waals surface area contributed by atoms with E-state index in [0.717, 1.165) is 6.54 Å². The summed E-state index contributed by atoms with van der Waals surface area (Å²) in [5, 5.41) is 3.52. The normalized spacial score (nSPS) is 10.4. The molecule has 1 heteroatoms. The number of benzene rings is 2. The van der Waals surface area contributed by atoms with Crippen LogP contribution in [0.2, 0.25) is 0 Å². The van der Waals surface area contributed by atoms with Crippen LogP contribution < -0.4 is 5.32 Å². The van der Waals surface area contributed by atoms with E-state index in [1.165, 1.54) is 33.5 Å². The molecule has 94 valence electrons. The fraction of sp³-hybridized carbons (Fsp3) is 0.294. The highest BCUT2D eigenvalue weighted by Crippen LogP contribution is 2.18. The van der Waals surface area contributed by atoms with Gasteiger partial charge >= 0.3 is 0 Å². The van der Waals surface area contributed by atoms with E-state index in [1.54, 1.807) is 0 Å². The van der Waals surface area contributed by atoms with Crippen LogP contribution in [0.4, 0.5) is 5.69 Å². The van der Waals surface area contributed by atoms with E-state index in [4.69, 9.17) is 0 Å². The Morgan fingerprint density at radius 1 is 0.778 bits per heavy atom. The van der Waals surface area contributed by atoms with Gasteiger partial charge in [-0.15, -0.1) is 0 Å². The number of hydrogen-bond donors (Lipinski definition) is 1. The van der Waals surface area contributed by atoms with Crippen LogP contribution in [0.15, 0.2) is 36.4 Å². The van der Waals surface area contributed by atoms with Crippen LogP contribution in [0.3, 0.4) is 0 Å². The third-order valence-electron chi connectivity index (χ3n) is 3.16. The van der Waals surface area contributed by atoms with Crippen molar-refractivity contribution in [3.63, 3.8) is 0 Å². The topological polar surface area (TPSA) is 12.0 Å². The van der Waals surface area contributed by atoms with Crippen molar-refractivity contribution >= 4 is 5.69 Å². The molecule has 18 heavy (non-hydrogen) atoms. The summed E-state index contributed by atoms with van der Waals surface area (Å²) in [6.45, 7) is 9.44. The van der Waals surface area contributed by atoms with Crippen LogP contribution in [0.1, 0.15) is 27.8 Å². The lowest BCUT2D eigenvalue weighted by Crippen LogP contribution is -2.02. The minimum absolute atomic E-state index is 0.882. The van der Waals surface area contributed by atoms with Crippen LogP contribution in [-0.2, 0) is 6.54 Å². The summed E-state index contributed by atoms with van der Waals surface area (Å²) >= 11 is 0. The molecule has 0 aliphatic rings. The van der Waals surface area contributed by atoms with Gasteiger partial charge in [0.1, 0.15) is 0 Å². The Hall–Kier alpha value is -1.76. The maximum atomic E-state index is 3.52. The quantitative estimate of drug-likeness (QED) is 0.829. The van der Waals surface area contributed by atoms with Crippen molar-refractivity contribution in [2.75, 3.05) is 5.32 Å². The second-order valence-electron chi connectivity index (χ2n) is 5.17. The Labute approximate surface area is 110 Å². The van der Waals surface area contributed by atoms with Crippen molar-refractivity contribution in [3.05, 3.63) is 64.2 Å². The van der Waals surface area contributed by atoms with Crippen LogP contribution in [0.25, 0.3) is 0 Å². The summed E-state index contributed by atoms with van der Waals surface area (Å²) in [5.41, 5.74) is 7.82. The molecule has 0 heterocycles. The molecular formula is C17H21N. The van der Waals surface area contributed by atoms with Gasteiger partial charge in [0.15, 0.2) is 0 Å². The van der Waals surface area contributed by atoms with E-state index in [2.05, 4.69) is 69.4 Å². The van der Waals surface area contributed by atoms with Gasteiger partial charge in [0.05, 0.1) is 0 Å². The van der Waals surface area contributed by atoms with Crippen molar-refractivity contribution in [1.82, 2.24) is 0 Å². The summed E-state index contributed by atoms with van der Waals surface area (Å²) in [4.78, 5) is 0. The number of anilines is 1. The van der Waals surface area contributed by atoms with Gasteiger partial charge in [-0.25, -0.2) is 0 Å². The van der Waals surface area contributed by atoms with Crippen LogP contribution in [0.5, 0.6) is 0 Å². The molecule has 0 fully saturated rings. The first-order chi connectivity index (χ1) is 8.54. The van der Waals surface area contributed by atoms with Crippen LogP contribution in [-0.4, -0.2) is 0 Å². The first-order valence-corrected chi connectivity index (χ1v) is 6.43. The Bertz CT molecular complexity index is 535. The smallest absolute Gasteiger partial charge is 0.0401 e. The van der Waals surface area contributed by atoms with E-state index >= 15 is 0 Å². The van der Waals surface area contributed by atoms with Gasteiger partial charge in [-0.2, -0.15) is 0 Å². The molecule has 0 amide bonds. The molecule has 0 bridgehead atoms. The number of rotatable bonds is 3. The van der Waals surface area contributed by atoms with Gasteiger partial charge in [0, 0.05) is 12.2 Å². The molecule has 0 aliphatic carbocycles. The predicted molar refractivity (Wildman–Crippen MR) is 79.2 cm³/mol. The molecule has 1 nitrogen and oxygen atoms in total. The first-order valence-electron chi connectivity index (χ1n) is 6.43. The van der Waals surface area contributed by atoms with Gasteiger partial charge in [-0.1, -0.05) is 41.5 Å². The maximum Gasteiger partial charge on any atom is 0.0401 e. The van der Waals surface area contributed by atoms with E-state index < -0.39 is 0 Å². The maximum absolute atomic E-state index is 3.52. The SMILES string of the molecule is Cc1cc(C)cc(CNc2cc(C)ccc2C)c1. The number of aryl methyl sites for hydroxylation is 4. The molecule has 0 saturated heterocycles. The van der Waals surface area contributed by atoms with E-state index in [-0.39, 0.29) is 0 Å². The summed E-state index contributed by atoms with van der Waals surface area (Å²) in [6, 6.07) is 13.2. The molecule has 2 rings (SSSR count). The second kappa shape index (κ2) is 5.26. The Balaban J connectivity index is 2.13. The van der Waals surface area contributed by atoms with Crippen LogP contribution in [0, 0.1) is 27.7 Å². The molecule has 0 aromatic heterocycles. The molecule has 0 saturated carbocycles. The average molecular weight is 239 g/mol. The minimum atomic E-state index is 0.882. The molecule has 2 aromatic carbocycles. The first kappa shape index (κ1) is 12.7. The highest BCUT2D eigenvalue weighted by Gasteiger charge is 2.00. The lowest BCUT2D eigenvalue weighted by Gasteiger charge is -2.11. The zero-order valence-corrected chi connectivity index (χ0v) is 11.7. The van der Waals surface area contributed by atoms with E-state index in [1.807, 2.05) is 0 Å². The summed E-state index contributed by atoms with van der Waals surface area (Å²) in [6.07, 6.45) is 0. The number of hydrogen-bond acceptors (Lipinski definition) is 1. The summed E-state index contributed by atoms with van der Waals surface area (Å²) in [5.74, 6) is 0. The van der Waals surface area contributed by atoms with Gasteiger partial charge in [-0.3, -0.25) is 0 Å². The van der Waals surface area contributed by atoms with Crippen molar-refractivity contribution in [2.45, 2.75) is 34.2 Å². The fourth-order valence-electron chi connectivity index (χ4n) is 2.29. The fourth-order valence-corrected chi connectivity index (χ4v) is 2.29. The third-order valence-corrected chi connectivity index (χ3v) is 3.16. The lowest BCUT2D eigenvalue weighted by atomic mass is 10.1. The molecule has 0 atom stereocenters. The molecule has 0 radical (unpaired) electrons. The molecule has 0 unspecified atom stereocenters. The highest BCUT2D eigenvalue weighted by molar-refractivity contribution is 5.52. The largest absolute Gasteiger partial charge is 0.381 e. The van der Waals surface area contributed by atoms with Gasteiger partial charge in [0.25, 0.3) is 0 Å².